The Labute approximate surface area is 213 Å². The van der Waals surface area contributed by atoms with Gasteiger partial charge in [-0.3, -0.25) is 0 Å². The summed E-state index contributed by atoms with van der Waals surface area (Å²) in [6.07, 6.45) is 1.93. The van der Waals surface area contributed by atoms with Crippen LogP contribution in [0.3, 0.4) is 0 Å². The molecule has 0 fully saturated rings. The summed E-state index contributed by atoms with van der Waals surface area (Å²) in [5, 5.41) is 4.95. The fourth-order valence-electron chi connectivity index (χ4n) is 4.99. The third-order valence-electron chi connectivity index (χ3n) is 6.71. The Balaban J connectivity index is 1.46. The number of benzene rings is 5. The van der Waals surface area contributed by atoms with Crippen molar-refractivity contribution < 1.29 is 0 Å². The molecule has 36 heavy (non-hydrogen) atoms. The summed E-state index contributed by atoms with van der Waals surface area (Å²) in [6.45, 7) is 0. The molecule has 2 heterocycles. The number of hydrogen-bond donors (Lipinski definition) is 0. The van der Waals surface area contributed by atoms with E-state index < -0.39 is 0 Å². The smallest absolute Gasteiger partial charge is 0.126 e. The van der Waals surface area contributed by atoms with Crippen molar-refractivity contribution in [3.63, 3.8) is 0 Å². The first-order chi connectivity index (χ1) is 17.8. The lowest BCUT2D eigenvalue weighted by Gasteiger charge is -2.26. The van der Waals surface area contributed by atoms with Crippen molar-refractivity contribution in [2.24, 2.45) is 0 Å². The zero-order valence-corrected chi connectivity index (χ0v) is 20.3. The van der Waals surface area contributed by atoms with Crippen LogP contribution in [0.5, 0.6) is 0 Å². The molecule has 3 heteroatoms. The van der Waals surface area contributed by atoms with Crippen molar-refractivity contribution >= 4 is 59.5 Å². The second-order valence-electron chi connectivity index (χ2n) is 8.89. The van der Waals surface area contributed by atoms with E-state index in [1.54, 1.807) is 11.3 Å². The zero-order chi connectivity index (χ0) is 23.9. The van der Waals surface area contributed by atoms with Crippen LogP contribution in [0.2, 0.25) is 0 Å². The average molecular weight is 479 g/mol. The van der Waals surface area contributed by atoms with Gasteiger partial charge in [-0.25, -0.2) is 4.98 Å². The minimum Gasteiger partial charge on any atom is -0.310 e. The molecule has 7 rings (SSSR count). The molecule has 0 aliphatic carbocycles. The van der Waals surface area contributed by atoms with Gasteiger partial charge in [0.05, 0.1) is 5.69 Å². The van der Waals surface area contributed by atoms with Crippen molar-refractivity contribution in [3.8, 4) is 11.1 Å². The average Bonchev–Trinajstić information content (AvgIpc) is 3.31. The van der Waals surface area contributed by atoms with Crippen molar-refractivity contribution in [2.45, 2.75) is 0 Å². The minimum absolute atomic E-state index is 1.06. The van der Waals surface area contributed by atoms with E-state index in [1.165, 1.54) is 37.4 Å². The van der Waals surface area contributed by atoms with E-state index in [2.05, 4.69) is 132 Å². The lowest BCUT2D eigenvalue weighted by Crippen LogP contribution is -2.10. The first kappa shape index (κ1) is 20.9. The fraction of sp³-hybridized carbons (Fsp3) is 0. The summed E-state index contributed by atoms with van der Waals surface area (Å²) < 4.78 is 1.26. The summed E-state index contributed by atoms with van der Waals surface area (Å²) >= 11 is 1.76. The molecule has 0 N–H and O–H groups in total. The standard InChI is InChI=1S/C33H22N2S/c1-3-9-23(10-4-1)24-15-17-28(18-16-24)35(27-13-5-2-6-14-27)30-19-20-34-33-32(30)29-21-25-11-7-8-12-26(25)22-31(29)36-33/h1-22H. The van der Waals surface area contributed by atoms with Gasteiger partial charge < -0.3 is 4.90 Å². The topological polar surface area (TPSA) is 16.1 Å². The second-order valence-corrected chi connectivity index (χ2v) is 9.92. The zero-order valence-electron chi connectivity index (χ0n) is 19.5. The maximum atomic E-state index is 4.79. The molecule has 0 spiro atoms. The number of pyridine rings is 1. The monoisotopic (exact) mass is 478 g/mol. The second kappa shape index (κ2) is 8.63. The summed E-state index contributed by atoms with van der Waals surface area (Å²) in [7, 11) is 0. The number of fused-ring (bicyclic) bond motifs is 4. The van der Waals surface area contributed by atoms with Gasteiger partial charge in [0.25, 0.3) is 0 Å². The Morgan fingerprint density at radius 1 is 0.556 bits per heavy atom. The van der Waals surface area contributed by atoms with Gasteiger partial charge in [0.2, 0.25) is 0 Å². The highest BCUT2D eigenvalue weighted by Crippen LogP contribution is 2.45. The molecule has 0 amide bonds. The summed E-state index contributed by atoms with van der Waals surface area (Å²) in [6, 6.07) is 45.3. The Hall–Kier alpha value is -4.47. The lowest BCUT2D eigenvalue weighted by atomic mass is 10.0. The van der Waals surface area contributed by atoms with Crippen molar-refractivity contribution in [1.29, 1.82) is 0 Å². The third-order valence-corrected chi connectivity index (χ3v) is 7.77. The number of rotatable bonds is 4. The molecule has 0 atom stereocenters. The van der Waals surface area contributed by atoms with E-state index in [4.69, 9.17) is 4.98 Å². The fourth-order valence-corrected chi connectivity index (χ4v) is 6.09. The normalized spacial score (nSPS) is 11.3. The van der Waals surface area contributed by atoms with E-state index in [1.807, 2.05) is 6.20 Å². The van der Waals surface area contributed by atoms with Crippen LogP contribution in [-0.2, 0) is 0 Å². The highest BCUT2D eigenvalue weighted by molar-refractivity contribution is 7.25. The SMILES string of the molecule is c1ccc(-c2ccc(N(c3ccccc3)c3ccnc4sc5cc6ccccc6cc5c34)cc2)cc1. The van der Waals surface area contributed by atoms with Crippen LogP contribution in [-0.4, -0.2) is 4.98 Å². The van der Waals surface area contributed by atoms with E-state index in [9.17, 15) is 0 Å². The third kappa shape index (κ3) is 3.53. The molecule has 0 saturated carbocycles. The quantitative estimate of drug-likeness (QED) is 0.250. The van der Waals surface area contributed by atoms with Crippen LogP contribution in [0.4, 0.5) is 17.1 Å². The van der Waals surface area contributed by atoms with Gasteiger partial charge in [-0.15, -0.1) is 11.3 Å². The maximum Gasteiger partial charge on any atom is 0.126 e. The van der Waals surface area contributed by atoms with Gasteiger partial charge in [-0.05, 0) is 64.4 Å². The number of anilines is 3. The molecular formula is C33H22N2S. The largest absolute Gasteiger partial charge is 0.310 e. The molecule has 0 radical (unpaired) electrons. The molecule has 0 aliphatic heterocycles. The van der Waals surface area contributed by atoms with Gasteiger partial charge in [0.15, 0.2) is 0 Å². The van der Waals surface area contributed by atoms with E-state index >= 15 is 0 Å². The number of nitrogens with zero attached hydrogens (tertiary/aromatic N) is 2. The Kier molecular flexibility index (Phi) is 5.00. The van der Waals surface area contributed by atoms with Gasteiger partial charge in [-0.2, -0.15) is 0 Å². The molecule has 0 unspecified atom stereocenters. The number of thiophene rings is 1. The molecule has 0 aliphatic rings. The van der Waals surface area contributed by atoms with Crippen molar-refractivity contribution in [3.05, 3.63) is 134 Å². The molecule has 2 aromatic heterocycles. The van der Waals surface area contributed by atoms with E-state index in [-0.39, 0.29) is 0 Å². The first-order valence-corrected chi connectivity index (χ1v) is 12.9. The molecule has 2 nitrogen and oxygen atoms in total. The first-order valence-electron chi connectivity index (χ1n) is 12.1. The molecule has 5 aromatic carbocycles. The highest BCUT2D eigenvalue weighted by Gasteiger charge is 2.19. The maximum absolute atomic E-state index is 4.79. The predicted octanol–water partition coefficient (Wildman–Crippen LogP) is 9.74. The van der Waals surface area contributed by atoms with Crippen molar-refractivity contribution in [2.75, 3.05) is 4.90 Å². The molecule has 0 saturated heterocycles. The number of aromatic nitrogens is 1. The summed E-state index contributed by atoms with van der Waals surface area (Å²) in [4.78, 5) is 8.19. The summed E-state index contributed by atoms with van der Waals surface area (Å²) in [5.41, 5.74) is 5.81. The Bertz CT molecular complexity index is 1820. The van der Waals surface area contributed by atoms with Gasteiger partial charge >= 0.3 is 0 Å². The van der Waals surface area contributed by atoms with Crippen molar-refractivity contribution in [1.82, 2.24) is 4.98 Å². The van der Waals surface area contributed by atoms with Gasteiger partial charge in [-0.1, -0.05) is 84.9 Å². The van der Waals surface area contributed by atoms with E-state index in [0.29, 0.717) is 0 Å². The predicted molar refractivity (Wildman–Crippen MR) is 155 cm³/mol. The Morgan fingerprint density at radius 3 is 1.92 bits per heavy atom. The van der Waals surface area contributed by atoms with Crippen LogP contribution < -0.4 is 4.90 Å². The molecule has 0 bridgehead atoms. The van der Waals surface area contributed by atoms with Crippen LogP contribution in [0.15, 0.2) is 134 Å². The summed E-state index contributed by atoms with van der Waals surface area (Å²) in [5.74, 6) is 0. The van der Waals surface area contributed by atoms with Gasteiger partial charge in [0.1, 0.15) is 4.83 Å². The van der Waals surface area contributed by atoms with E-state index in [0.717, 1.165) is 21.9 Å². The number of hydrogen-bond acceptors (Lipinski definition) is 3. The van der Waals surface area contributed by atoms with Crippen LogP contribution in [0.25, 0.3) is 42.2 Å². The highest BCUT2D eigenvalue weighted by atomic mass is 32.1. The Morgan fingerprint density at radius 2 is 1.17 bits per heavy atom. The molecule has 170 valence electrons. The lowest BCUT2D eigenvalue weighted by molar-refractivity contribution is 1.29. The minimum atomic E-state index is 1.06. The number of para-hydroxylation sites is 1. The van der Waals surface area contributed by atoms with Crippen LogP contribution in [0.1, 0.15) is 0 Å². The van der Waals surface area contributed by atoms with Gasteiger partial charge in [0, 0.05) is 33.0 Å². The van der Waals surface area contributed by atoms with Crippen LogP contribution in [0, 0.1) is 0 Å². The molecule has 7 aromatic rings. The molecular weight excluding hydrogens is 456 g/mol. The van der Waals surface area contributed by atoms with Crippen LogP contribution >= 0.6 is 11.3 Å².